The fourth-order valence-electron chi connectivity index (χ4n) is 1.55. The van der Waals surface area contributed by atoms with Gasteiger partial charge in [0, 0.05) is 6.07 Å². The van der Waals surface area contributed by atoms with E-state index in [1.807, 2.05) is 0 Å². The zero-order chi connectivity index (χ0) is 14.0. The van der Waals surface area contributed by atoms with Crippen molar-refractivity contribution in [2.45, 2.75) is 6.92 Å². The molecule has 0 amide bonds. The molecule has 0 saturated carbocycles. The van der Waals surface area contributed by atoms with E-state index in [0.717, 1.165) is 0 Å². The Morgan fingerprint density at radius 1 is 1.26 bits per heavy atom. The SMILES string of the molecule is COc1ccc(-c2nc(O)c(C)c(=O)o2)c(OC)c1. The van der Waals surface area contributed by atoms with Crippen molar-refractivity contribution in [3.8, 4) is 28.8 Å². The number of hydrogen-bond donors (Lipinski definition) is 1. The van der Waals surface area contributed by atoms with E-state index in [1.165, 1.54) is 21.1 Å². The van der Waals surface area contributed by atoms with Gasteiger partial charge in [-0.25, -0.2) is 4.79 Å². The van der Waals surface area contributed by atoms with Gasteiger partial charge in [-0.3, -0.25) is 0 Å². The average Bonchev–Trinajstić information content (AvgIpc) is 2.43. The van der Waals surface area contributed by atoms with E-state index in [0.29, 0.717) is 17.1 Å². The lowest BCUT2D eigenvalue weighted by Gasteiger charge is -2.09. The number of aromatic hydroxyl groups is 1. The van der Waals surface area contributed by atoms with E-state index in [9.17, 15) is 9.90 Å². The van der Waals surface area contributed by atoms with E-state index in [-0.39, 0.29) is 17.3 Å². The van der Waals surface area contributed by atoms with Gasteiger partial charge in [0.05, 0.1) is 25.3 Å². The fourth-order valence-corrected chi connectivity index (χ4v) is 1.55. The number of aromatic nitrogens is 1. The number of benzene rings is 1. The lowest BCUT2D eigenvalue weighted by atomic mass is 10.2. The Kier molecular flexibility index (Phi) is 3.41. The highest BCUT2D eigenvalue weighted by atomic mass is 16.5. The molecule has 0 aliphatic rings. The third kappa shape index (κ3) is 2.37. The number of hydrogen-bond acceptors (Lipinski definition) is 6. The Balaban J connectivity index is 2.62. The van der Waals surface area contributed by atoms with Gasteiger partial charge in [-0.2, -0.15) is 4.98 Å². The highest BCUT2D eigenvalue weighted by Gasteiger charge is 2.15. The molecule has 2 rings (SSSR count). The van der Waals surface area contributed by atoms with Gasteiger partial charge in [0.1, 0.15) is 11.5 Å². The summed E-state index contributed by atoms with van der Waals surface area (Å²) in [5.74, 6) is 0.661. The van der Waals surface area contributed by atoms with Gasteiger partial charge >= 0.3 is 5.63 Å². The normalized spacial score (nSPS) is 10.3. The predicted octanol–water partition coefficient (Wildman–Crippen LogP) is 1.73. The Morgan fingerprint density at radius 3 is 2.58 bits per heavy atom. The third-order valence-electron chi connectivity index (χ3n) is 2.68. The number of nitrogens with zero attached hydrogens (tertiary/aromatic N) is 1. The summed E-state index contributed by atoms with van der Waals surface area (Å²) in [7, 11) is 3.01. The second kappa shape index (κ2) is 5.01. The van der Waals surface area contributed by atoms with Gasteiger partial charge in [-0.15, -0.1) is 0 Å². The van der Waals surface area contributed by atoms with E-state index >= 15 is 0 Å². The minimum Gasteiger partial charge on any atom is -0.497 e. The first kappa shape index (κ1) is 12.9. The quantitative estimate of drug-likeness (QED) is 0.908. The summed E-state index contributed by atoms with van der Waals surface area (Å²) in [6.45, 7) is 1.43. The Bertz CT molecular complexity index is 663. The summed E-state index contributed by atoms with van der Waals surface area (Å²) in [6, 6.07) is 4.95. The summed E-state index contributed by atoms with van der Waals surface area (Å²) in [6.07, 6.45) is 0. The molecule has 1 aromatic heterocycles. The first-order valence-electron chi connectivity index (χ1n) is 5.50. The minimum atomic E-state index is -0.639. The molecule has 0 aliphatic heterocycles. The zero-order valence-electron chi connectivity index (χ0n) is 10.8. The van der Waals surface area contributed by atoms with E-state index in [2.05, 4.69) is 4.98 Å². The maximum atomic E-state index is 11.5. The van der Waals surface area contributed by atoms with Crippen molar-refractivity contribution in [2.24, 2.45) is 0 Å². The van der Waals surface area contributed by atoms with Crippen molar-refractivity contribution in [2.75, 3.05) is 14.2 Å². The van der Waals surface area contributed by atoms with Gasteiger partial charge in [0.2, 0.25) is 11.8 Å². The van der Waals surface area contributed by atoms with Crippen LogP contribution in [0.3, 0.4) is 0 Å². The number of rotatable bonds is 3. The number of ether oxygens (including phenoxy) is 2. The molecule has 2 aromatic rings. The molecule has 0 spiro atoms. The molecule has 0 atom stereocenters. The molecule has 0 fully saturated rings. The smallest absolute Gasteiger partial charge is 0.345 e. The topological polar surface area (TPSA) is 81.8 Å². The van der Waals surface area contributed by atoms with Crippen LogP contribution in [0, 0.1) is 6.92 Å². The van der Waals surface area contributed by atoms with Crippen LogP contribution in [0.25, 0.3) is 11.5 Å². The predicted molar refractivity (Wildman–Crippen MR) is 67.7 cm³/mol. The third-order valence-corrected chi connectivity index (χ3v) is 2.68. The minimum absolute atomic E-state index is 0.00685. The van der Waals surface area contributed by atoms with Crippen molar-refractivity contribution < 1.29 is 19.0 Å². The molecule has 1 heterocycles. The molecule has 0 bridgehead atoms. The van der Waals surface area contributed by atoms with Crippen LogP contribution in [0.15, 0.2) is 27.4 Å². The van der Waals surface area contributed by atoms with Crippen molar-refractivity contribution >= 4 is 0 Å². The maximum absolute atomic E-state index is 11.5. The summed E-state index contributed by atoms with van der Waals surface area (Å²) >= 11 is 0. The highest BCUT2D eigenvalue weighted by molar-refractivity contribution is 5.64. The van der Waals surface area contributed by atoms with Gasteiger partial charge in [-0.05, 0) is 19.1 Å². The first-order chi connectivity index (χ1) is 9.06. The molecule has 6 heteroatoms. The van der Waals surface area contributed by atoms with Crippen molar-refractivity contribution in [3.05, 3.63) is 34.2 Å². The van der Waals surface area contributed by atoms with Crippen LogP contribution in [0.1, 0.15) is 5.56 Å². The van der Waals surface area contributed by atoms with Crippen molar-refractivity contribution in [1.29, 1.82) is 0 Å². The van der Waals surface area contributed by atoms with Crippen molar-refractivity contribution in [1.82, 2.24) is 4.98 Å². The molecule has 0 unspecified atom stereocenters. The number of methoxy groups -OCH3 is 2. The second-order valence-electron chi connectivity index (χ2n) is 3.82. The second-order valence-corrected chi connectivity index (χ2v) is 3.82. The molecule has 19 heavy (non-hydrogen) atoms. The van der Waals surface area contributed by atoms with Crippen LogP contribution in [-0.4, -0.2) is 24.3 Å². The molecule has 0 radical (unpaired) electrons. The van der Waals surface area contributed by atoms with Crippen LogP contribution < -0.4 is 15.1 Å². The zero-order valence-corrected chi connectivity index (χ0v) is 10.8. The molecule has 0 saturated heterocycles. The maximum Gasteiger partial charge on any atom is 0.345 e. The molecule has 6 nitrogen and oxygen atoms in total. The van der Waals surface area contributed by atoms with Gasteiger partial charge in [0.15, 0.2) is 0 Å². The molecule has 100 valence electrons. The van der Waals surface area contributed by atoms with Gasteiger partial charge in [-0.1, -0.05) is 0 Å². The summed E-state index contributed by atoms with van der Waals surface area (Å²) in [5.41, 5.74) is -0.118. The monoisotopic (exact) mass is 263 g/mol. The van der Waals surface area contributed by atoms with Gasteiger partial charge in [0.25, 0.3) is 0 Å². The molecular formula is C13H13NO5. The molecular weight excluding hydrogens is 250 g/mol. The Hall–Kier alpha value is -2.50. The summed E-state index contributed by atoms with van der Waals surface area (Å²) in [5, 5.41) is 9.57. The Labute approximate surface area is 109 Å². The summed E-state index contributed by atoms with van der Waals surface area (Å²) in [4.78, 5) is 15.4. The van der Waals surface area contributed by atoms with Crippen LogP contribution in [-0.2, 0) is 0 Å². The van der Waals surface area contributed by atoms with E-state index in [4.69, 9.17) is 13.9 Å². The molecule has 0 aliphatic carbocycles. The van der Waals surface area contributed by atoms with E-state index < -0.39 is 5.63 Å². The lowest BCUT2D eigenvalue weighted by Crippen LogP contribution is -2.06. The van der Waals surface area contributed by atoms with Crippen molar-refractivity contribution in [3.63, 3.8) is 0 Å². The van der Waals surface area contributed by atoms with Gasteiger partial charge < -0.3 is 19.0 Å². The van der Waals surface area contributed by atoms with Crippen LogP contribution in [0.5, 0.6) is 17.4 Å². The largest absolute Gasteiger partial charge is 0.497 e. The highest BCUT2D eigenvalue weighted by Crippen LogP contribution is 2.32. The molecule has 1 aromatic carbocycles. The standard InChI is InChI=1S/C13H13NO5/c1-7-11(15)14-12(19-13(7)16)9-5-4-8(17-2)6-10(9)18-3/h4-6,15H,1-3H3. The Morgan fingerprint density at radius 2 is 2.00 bits per heavy atom. The van der Waals surface area contributed by atoms with E-state index in [1.54, 1.807) is 18.2 Å². The lowest BCUT2D eigenvalue weighted by molar-refractivity contribution is 0.390. The fraction of sp³-hybridized carbons (Fsp3) is 0.231. The van der Waals surface area contributed by atoms with Crippen LogP contribution >= 0.6 is 0 Å². The van der Waals surface area contributed by atoms with Crippen LogP contribution in [0.4, 0.5) is 0 Å². The van der Waals surface area contributed by atoms with Crippen LogP contribution in [0.2, 0.25) is 0 Å². The molecule has 1 N–H and O–H groups in total. The average molecular weight is 263 g/mol. The summed E-state index contributed by atoms with van der Waals surface area (Å²) < 4.78 is 15.3. The first-order valence-corrected chi connectivity index (χ1v) is 5.50.